The van der Waals surface area contributed by atoms with Gasteiger partial charge in [0.15, 0.2) is 0 Å². The van der Waals surface area contributed by atoms with Crippen LogP contribution in [0.3, 0.4) is 0 Å². The van der Waals surface area contributed by atoms with Crippen LogP contribution >= 0.6 is 0 Å². The molecule has 0 saturated heterocycles. The van der Waals surface area contributed by atoms with Gasteiger partial charge >= 0.3 is 19.5 Å². The van der Waals surface area contributed by atoms with Gasteiger partial charge in [-0.15, -0.1) is 35.0 Å². The molecule has 0 spiro atoms. The van der Waals surface area contributed by atoms with Crippen molar-refractivity contribution >= 4 is 54.7 Å². The minimum atomic E-state index is 0. The number of methoxy groups -OCH3 is 1. The molecule has 5 heteroatoms. The predicted octanol–water partition coefficient (Wildman–Crippen LogP) is 9.02. The van der Waals surface area contributed by atoms with Crippen molar-refractivity contribution in [1.29, 1.82) is 0 Å². The number of para-hydroxylation sites is 1. The minimum absolute atomic E-state index is 0. The van der Waals surface area contributed by atoms with Crippen molar-refractivity contribution in [1.82, 2.24) is 9.55 Å². The molecule has 1 atom stereocenters. The van der Waals surface area contributed by atoms with Crippen LogP contribution in [0.25, 0.3) is 43.4 Å². The standard InChI is InChI=1S/C35H30N3O.Ru/c1-21-23(3)36-20-30-28-15-9-7-13-26(28)25-12-6-8-14-27(25)29-16-10-18-32-35(29)38(34(21)30)24(4)37(32)31-17-11-19-33(39-5)22(31)2;/h6-14,16-20,24H,1-5H3;/q-1;+1/t24-;/m1./s1. The van der Waals surface area contributed by atoms with E-state index in [4.69, 9.17) is 9.72 Å². The normalized spacial score (nSPS) is 14.1. The molecule has 40 heavy (non-hydrogen) atoms. The van der Waals surface area contributed by atoms with Gasteiger partial charge in [0, 0.05) is 27.8 Å². The number of rotatable bonds is 2. The van der Waals surface area contributed by atoms with Crippen LogP contribution in [-0.2, 0) is 19.5 Å². The minimum Gasteiger partial charge on any atom is -0.496 e. The molecule has 0 saturated carbocycles. The number of benzene rings is 4. The number of fused-ring (bicyclic) bond motifs is 7. The van der Waals surface area contributed by atoms with Gasteiger partial charge in [0.25, 0.3) is 0 Å². The number of anilines is 2. The molecular weight excluding hydrogens is 579 g/mol. The Morgan fingerprint density at radius 1 is 0.725 bits per heavy atom. The van der Waals surface area contributed by atoms with E-state index in [-0.39, 0.29) is 25.6 Å². The molecule has 0 fully saturated rings. The third-order valence-corrected chi connectivity index (χ3v) is 8.41. The summed E-state index contributed by atoms with van der Waals surface area (Å²) in [5.41, 5.74) is 8.06. The summed E-state index contributed by atoms with van der Waals surface area (Å²) in [4.78, 5) is 7.31. The maximum Gasteiger partial charge on any atom is 1.00 e. The second kappa shape index (κ2) is 9.91. The van der Waals surface area contributed by atoms with E-state index in [0.29, 0.717) is 0 Å². The molecule has 199 valence electrons. The van der Waals surface area contributed by atoms with Gasteiger partial charge in [0.05, 0.1) is 18.3 Å². The van der Waals surface area contributed by atoms with E-state index in [2.05, 4.69) is 110 Å². The van der Waals surface area contributed by atoms with Crippen molar-refractivity contribution in [3.63, 3.8) is 0 Å². The van der Waals surface area contributed by atoms with E-state index in [1.165, 1.54) is 43.8 Å². The topological polar surface area (TPSA) is 30.3 Å². The molecule has 1 aliphatic heterocycles. The van der Waals surface area contributed by atoms with Crippen molar-refractivity contribution in [2.24, 2.45) is 0 Å². The predicted molar refractivity (Wildman–Crippen MR) is 163 cm³/mol. The third kappa shape index (κ3) is 3.64. The fourth-order valence-corrected chi connectivity index (χ4v) is 6.44. The van der Waals surface area contributed by atoms with Crippen molar-refractivity contribution in [3.8, 4) is 5.75 Å². The Hall–Kier alpha value is -3.95. The van der Waals surface area contributed by atoms with E-state index in [9.17, 15) is 0 Å². The molecule has 0 unspecified atom stereocenters. The summed E-state index contributed by atoms with van der Waals surface area (Å²) in [6, 6.07) is 31.7. The number of aryl methyl sites for hydroxylation is 2. The average Bonchev–Trinajstić information content (AvgIpc) is 3.27. The molecular formula is C35H30N3ORu. The largest absolute Gasteiger partial charge is 1.00 e. The molecule has 0 bridgehead atoms. The zero-order chi connectivity index (χ0) is 26.8. The Morgan fingerprint density at radius 2 is 1.40 bits per heavy atom. The molecule has 0 aliphatic carbocycles. The van der Waals surface area contributed by atoms with Gasteiger partial charge in [-0.1, -0.05) is 53.2 Å². The maximum absolute atomic E-state index is 5.74. The van der Waals surface area contributed by atoms with Crippen molar-refractivity contribution < 1.29 is 24.2 Å². The molecule has 4 nitrogen and oxygen atoms in total. The second-order valence-corrected chi connectivity index (χ2v) is 10.4. The molecule has 0 amide bonds. The maximum atomic E-state index is 5.74. The fraction of sp³-hybridized carbons (Fsp3) is 0.171. The van der Waals surface area contributed by atoms with Crippen LogP contribution in [0, 0.1) is 26.8 Å². The zero-order valence-corrected chi connectivity index (χ0v) is 25.0. The summed E-state index contributed by atoms with van der Waals surface area (Å²) in [6.45, 7) is 8.73. The number of ether oxygens (including phenoxy) is 1. The summed E-state index contributed by atoms with van der Waals surface area (Å²) in [5.74, 6) is 0.891. The summed E-state index contributed by atoms with van der Waals surface area (Å²) in [5, 5.41) is 6.98. The first-order valence-electron chi connectivity index (χ1n) is 13.4. The number of nitrogens with zero attached hydrogens (tertiary/aromatic N) is 3. The van der Waals surface area contributed by atoms with Crippen LogP contribution in [-0.4, -0.2) is 16.7 Å². The number of hydrogen-bond acceptors (Lipinski definition) is 3. The number of aromatic nitrogens is 2. The number of pyridine rings is 1. The zero-order valence-electron chi connectivity index (χ0n) is 23.3. The molecule has 3 heterocycles. The SMILES string of the molecule is COc1cccc(N2c3cccc4c5ccccc5c5ccc[c-]c5c5cnc(C)c(C)c5n(c34)[C@@H]2C)c1C.[Ru+]. The molecule has 6 aromatic rings. The summed E-state index contributed by atoms with van der Waals surface area (Å²) < 4.78 is 8.26. The van der Waals surface area contributed by atoms with Crippen LogP contribution in [0.5, 0.6) is 5.75 Å². The van der Waals surface area contributed by atoms with Gasteiger partial charge < -0.3 is 14.2 Å². The van der Waals surface area contributed by atoms with Crippen LogP contribution in [0.1, 0.15) is 29.9 Å². The molecule has 2 aromatic heterocycles. The second-order valence-electron chi connectivity index (χ2n) is 10.4. The van der Waals surface area contributed by atoms with Gasteiger partial charge in [0.1, 0.15) is 11.9 Å². The van der Waals surface area contributed by atoms with E-state index in [0.717, 1.165) is 33.5 Å². The van der Waals surface area contributed by atoms with Crippen molar-refractivity contribution in [3.05, 3.63) is 108 Å². The Morgan fingerprint density at radius 3 is 2.17 bits per heavy atom. The molecule has 0 N–H and O–H groups in total. The van der Waals surface area contributed by atoms with E-state index in [1.807, 2.05) is 18.3 Å². The summed E-state index contributed by atoms with van der Waals surface area (Å²) >= 11 is 0. The van der Waals surface area contributed by atoms with Gasteiger partial charge in [0.2, 0.25) is 0 Å². The third-order valence-electron chi connectivity index (χ3n) is 8.41. The van der Waals surface area contributed by atoms with Gasteiger partial charge in [-0.2, -0.15) is 0 Å². The van der Waals surface area contributed by atoms with E-state index >= 15 is 0 Å². The molecule has 1 radical (unpaired) electrons. The van der Waals surface area contributed by atoms with Gasteiger partial charge in [-0.25, -0.2) is 0 Å². The smallest absolute Gasteiger partial charge is 0.496 e. The molecule has 1 aliphatic rings. The van der Waals surface area contributed by atoms with Crippen LogP contribution in [0.2, 0.25) is 0 Å². The number of hydrogen-bond donors (Lipinski definition) is 0. The Labute approximate surface area is 247 Å². The Bertz CT molecular complexity index is 2030. The van der Waals surface area contributed by atoms with Gasteiger partial charge in [-0.05, 0) is 63.0 Å². The summed E-state index contributed by atoms with van der Waals surface area (Å²) in [6.07, 6.45) is 2.04. The first-order chi connectivity index (χ1) is 19.0. The summed E-state index contributed by atoms with van der Waals surface area (Å²) in [7, 11) is 1.74. The van der Waals surface area contributed by atoms with Gasteiger partial charge in [-0.3, -0.25) is 4.98 Å². The van der Waals surface area contributed by atoms with E-state index in [1.54, 1.807) is 7.11 Å². The van der Waals surface area contributed by atoms with E-state index < -0.39 is 0 Å². The Balaban J connectivity index is 0.00000289. The van der Waals surface area contributed by atoms with Crippen LogP contribution in [0.4, 0.5) is 11.4 Å². The monoisotopic (exact) mass is 610 g/mol. The van der Waals surface area contributed by atoms with Crippen LogP contribution < -0.4 is 9.64 Å². The quantitative estimate of drug-likeness (QED) is 0.145. The molecule has 7 rings (SSSR count). The fourth-order valence-electron chi connectivity index (χ4n) is 6.44. The van der Waals surface area contributed by atoms with Crippen molar-refractivity contribution in [2.45, 2.75) is 33.9 Å². The Kier molecular flexibility index (Phi) is 6.51. The first kappa shape index (κ1) is 26.3. The van der Waals surface area contributed by atoms with Crippen molar-refractivity contribution in [2.75, 3.05) is 12.0 Å². The first-order valence-corrected chi connectivity index (χ1v) is 13.4. The molecule has 4 aromatic carbocycles. The average molecular weight is 610 g/mol. The van der Waals surface area contributed by atoms with Crippen LogP contribution in [0.15, 0.2) is 85.1 Å².